The van der Waals surface area contributed by atoms with Gasteiger partial charge in [0.15, 0.2) is 5.69 Å². The molecule has 0 spiro atoms. The molecule has 1 aliphatic heterocycles. The second-order valence-corrected chi connectivity index (χ2v) is 7.11. The fourth-order valence-corrected chi connectivity index (χ4v) is 3.44. The van der Waals surface area contributed by atoms with Crippen LogP contribution in [-0.2, 0) is 0 Å². The Morgan fingerprint density at radius 1 is 1.40 bits per heavy atom. The average molecular weight is 432 g/mol. The minimum Gasteiger partial charge on any atom is -0.337 e. The molecular weight excluding hydrogens is 411 g/mol. The third kappa shape index (κ3) is 4.40. The quantitative estimate of drug-likeness (QED) is 0.810. The number of hydrogen-bond donors (Lipinski definition) is 1. The van der Waals surface area contributed by atoms with Crippen molar-refractivity contribution in [3.05, 3.63) is 46.4 Å². The molecule has 8 heteroatoms. The zero-order valence-corrected chi connectivity index (χ0v) is 16.3. The highest BCUT2D eigenvalue weighted by Crippen LogP contribution is 2.24. The first kappa shape index (κ1) is 19.9. The van der Waals surface area contributed by atoms with E-state index in [2.05, 4.69) is 21.0 Å². The molecule has 3 rings (SSSR count). The molecule has 1 aromatic carbocycles. The Labute approximate surface area is 160 Å². The van der Waals surface area contributed by atoms with Crippen molar-refractivity contribution in [2.75, 3.05) is 13.1 Å². The van der Waals surface area contributed by atoms with Crippen LogP contribution in [0.1, 0.15) is 30.3 Å². The number of piperidine rings is 1. The van der Waals surface area contributed by atoms with E-state index < -0.39 is 0 Å². The molecule has 1 aliphatic rings. The third-order valence-corrected chi connectivity index (χ3v) is 5.03. The maximum atomic E-state index is 13.0. The molecular formula is C17H21BrClFN4O. The normalized spacial score (nSPS) is 18.6. The van der Waals surface area contributed by atoms with Gasteiger partial charge in [-0.25, -0.2) is 9.07 Å². The predicted octanol–water partition coefficient (Wildman–Crippen LogP) is 3.40. The predicted molar refractivity (Wildman–Crippen MR) is 101 cm³/mol. The third-order valence-electron chi connectivity index (χ3n) is 4.45. The Bertz CT molecular complexity index is 735. The Balaban J connectivity index is 0.00000225. The SMILES string of the molecule is CC(N)C1CCCN(C(=O)c2nn(-c3ccc(F)cc3)cc2Br)C1.Cl. The van der Waals surface area contributed by atoms with Crippen molar-refractivity contribution in [1.29, 1.82) is 0 Å². The van der Waals surface area contributed by atoms with Crippen LogP contribution >= 0.6 is 28.3 Å². The van der Waals surface area contributed by atoms with Crippen LogP contribution in [-0.4, -0.2) is 39.7 Å². The van der Waals surface area contributed by atoms with Crippen LogP contribution < -0.4 is 5.73 Å². The van der Waals surface area contributed by atoms with E-state index in [0.29, 0.717) is 28.3 Å². The van der Waals surface area contributed by atoms with Crippen molar-refractivity contribution in [3.63, 3.8) is 0 Å². The molecule has 2 N–H and O–H groups in total. The lowest BCUT2D eigenvalue weighted by atomic mass is 9.92. The smallest absolute Gasteiger partial charge is 0.275 e. The molecule has 0 aliphatic carbocycles. The van der Waals surface area contributed by atoms with Gasteiger partial charge in [-0.2, -0.15) is 5.10 Å². The van der Waals surface area contributed by atoms with Crippen LogP contribution in [0.5, 0.6) is 0 Å². The van der Waals surface area contributed by atoms with Crippen LogP contribution in [0.3, 0.4) is 0 Å². The van der Waals surface area contributed by atoms with Crippen LogP contribution in [0, 0.1) is 11.7 Å². The monoisotopic (exact) mass is 430 g/mol. The second kappa shape index (κ2) is 8.29. The highest BCUT2D eigenvalue weighted by atomic mass is 79.9. The lowest BCUT2D eigenvalue weighted by molar-refractivity contribution is 0.0653. The topological polar surface area (TPSA) is 64.2 Å². The lowest BCUT2D eigenvalue weighted by Crippen LogP contribution is -2.45. The minimum atomic E-state index is -0.309. The maximum absolute atomic E-state index is 13.0. The average Bonchev–Trinajstić information content (AvgIpc) is 2.96. The van der Waals surface area contributed by atoms with E-state index >= 15 is 0 Å². The van der Waals surface area contributed by atoms with Crippen LogP contribution in [0.25, 0.3) is 5.69 Å². The number of halogens is 3. The lowest BCUT2D eigenvalue weighted by Gasteiger charge is -2.34. The van der Waals surface area contributed by atoms with Crippen molar-refractivity contribution >= 4 is 34.2 Å². The van der Waals surface area contributed by atoms with E-state index in [1.54, 1.807) is 23.0 Å². The number of rotatable bonds is 3. The summed E-state index contributed by atoms with van der Waals surface area (Å²) in [5, 5.41) is 4.38. The molecule has 2 atom stereocenters. The summed E-state index contributed by atoms with van der Waals surface area (Å²) in [4.78, 5) is 14.6. The standard InChI is InChI=1S/C17H20BrFN4O.ClH/c1-11(20)12-3-2-8-22(9-12)17(24)16-15(18)10-23(21-16)14-6-4-13(19)5-7-14;/h4-7,10-12H,2-3,8-9,20H2,1H3;1H. The van der Waals surface area contributed by atoms with Gasteiger partial charge in [0.25, 0.3) is 5.91 Å². The van der Waals surface area contributed by atoms with Crippen molar-refractivity contribution in [1.82, 2.24) is 14.7 Å². The number of hydrogen-bond acceptors (Lipinski definition) is 3. The van der Waals surface area contributed by atoms with Gasteiger partial charge in [0.1, 0.15) is 5.82 Å². The van der Waals surface area contributed by atoms with Crippen LogP contribution in [0.4, 0.5) is 4.39 Å². The molecule has 2 unspecified atom stereocenters. The van der Waals surface area contributed by atoms with E-state index in [1.165, 1.54) is 12.1 Å². The molecule has 1 saturated heterocycles. The summed E-state index contributed by atoms with van der Waals surface area (Å²) in [6.45, 7) is 3.36. The summed E-state index contributed by atoms with van der Waals surface area (Å²) in [6.07, 6.45) is 3.72. The summed E-state index contributed by atoms with van der Waals surface area (Å²) in [5.41, 5.74) is 7.06. The van der Waals surface area contributed by atoms with Gasteiger partial charge in [0.2, 0.25) is 0 Å². The summed E-state index contributed by atoms with van der Waals surface area (Å²) >= 11 is 3.41. The van der Waals surface area contributed by atoms with Crippen molar-refractivity contribution in [3.8, 4) is 5.69 Å². The summed E-state index contributed by atoms with van der Waals surface area (Å²) in [5.74, 6) is -0.0923. The van der Waals surface area contributed by atoms with E-state index in [4.69, 9.17) is 5.73 Å². The molecule has 2 aromatic rings. The fourth-order valence-electron chi connectivity index (χ4n) is 3.00. The van der Waals surface area contributed by atoms with Gasteiger partial charge >= 0.3 is 0 Å². The number of nitrogens with zero attached hydrogens (tertiary/aromatic N) is 3. The fraction of sp³-hybridized carbons (Fsp3) is 0.412. The highest BCUT2D eigenvalue weighted by Gasteiger charge is 2.29. The number of aromatic nitrogens is 2. The number of likely N-dealkylation sites (tertiary alicyclic amines) is 1. The zero-order valence-electron chi connectivity index (χ0n) is 13.9. The first-order chi connectivity index (χ1) is 11.5. The van der Waals surface area contributed by atoms with Crippen LogP contribution in [0.2, 0.25) is 0 Å². The Morgan fingerprint density at radius 3 is 2.72 bits per heavy atom. The van der Waals surface area contributed by atoms with Gasteiger partial charge in [-0.05, 0) is 65.9 Å². The molecule has 136 valence electrons. The summed E-state index contributed by atoms with van der Waals surface area (Å²) in [6, 6.07) is 6.04. The number of carbonyl (C=O) groups excluding carboxylic acids is 1. The van der Waals surface area contributed by atoms with Crippen molar-refractivity contribution in [2.24, 2.45) is 11.7 Å². The van der Waals surface area contributed by atoms with Gasteiger partial charge in [-0.1, -0.05) is 0 Å². The van der Waals surface area contributed by atoms with E-state index in [1.807, 2.05) is 11.8 Å². The molecule has 1 aromatic heterocycles. The van der Waals surface area contributed by atoms with Gasteiger partial charge in [-0.3, -0.25) is 4.79 Å². The molecule has 0 bridgehead atoms. The van der Waals surface area contributed by atoms with Gasteiger partial charge in [-0.15, -0.1) is 12.4 Å². The molecule has 0 saturated carbocycles. The van der Waals surface area contributed by atoms with Gasteiger partial charge in [0, 0.05) is 25.3 Å². The number of benzene rings is 1. The molecule has 1 amide bonds. The van der Waals surface area contributed by atoms with E-state index in [0.717, 1.165) is 19.4 Å². The Morgan fingerprint density at radius 2 is 2.08 bits per heavy atom. The number of nitrogens with two attached hydrogens (primary N) is 1. The van der Waals surface area contributed by atoms with E-state index in [-0.39, 0.29) is 30.2 Å². The Hall–Kier alpha value is -1.44. The van der Waals surface area contributed by atoms with Gasteiger partial charge in [0.05, 0.1) is 10.2 Å². The molecule has 2 heterocycles. The van der Waals surface area contributed by atoms with Gasteiger partial charge < -0.3 is 10.6 Å². The minimum absolute atomic E-state index is 0. The Kier molecular flexibility index (Phi) is 6.59. The van der Waals surface area contributed by atoms with E-state index in [9.17, 15) is 9.18 Å². The largest absolute Gasteiger partial charge is 0.337 e. The summed E-state index contributed by atoms with van der Waals surface area (Å²) in [7, 11) is 0. The van der Waals surface area contributed by atoms with Crippen molar-refractivity contribution < 1.29 is 9.18 Å². The second-order valence-electron chi connectivity index (χ2n) is 6.26. The first-order valence-electron chi connectivity index (χ1n) is 8.01. The maximum Gasteiger partial charge on any atom is 0.275 e. The molecule has 25 heavy (non-hydrogen) atoms. The molecule has 0 radical (unpaired) electrons. The number of amides is 1. The summed E-state index contributed by atoms with van der Waals surface area (Å²) < 4.78 is 15.2. The number of carbonyl (C=O) groups is 1. The van der Waals surface area contributed by atoms with Crippen molar-refractivity contribution in [2.45, 2.75) is 25.8 Å². The molecule has 1 fully saturated rings. The highest BCUT2D eigenvalue weighted by molar-refractivity contribution is 9.10. The first-order valence-corrected chi connectivity index (χ1v) is 8.81. The zero-order chi connectivity index (χ0) is 17.3. The molecule has 5 nitrogen and oxygen atoms in total. The van der Waals surface area contributed by atoms with Crippen LogP contribution in [0.15, 0.2) is 34.9 Å².